The van der Waals surface area contributed by atoms with Crippen molar-refractivity contribution >= 4 is 5.97 Å². The van der Waals surface area contributed by atoms with Crippen molar-refractivity contribution in [3.63, 3.8) is 0 Å². The van der Waals surface area contributed by atoms with Crippen molar-refractivity contribution in [3.8, 4) is 0 Å². The van der Waals surface area contributed by atoms with Gasteiger partial charge in [0.25, 0.3) is 0 Å². The summed E-state index contributed by atoms with van der Waals surface area (Å²) >= 11 is 0. The molecule has 17 heavy (non-hydrogen) atoms. The molecular formula is C13H16O4. The first-order valence-electron chi connectivity index (χ1n) is 5.61. The van der Waals surface area contributed by atoms with Crippen LogP contribution in [0.5, 0.6) is 0 Å². The number of carbonyl (C=O) groups excluding carboxylic acids is 1. The maximum atomic E-state index is 11.7. The average Bonchev–Trinajstić information content (AvgIpc) is 2.72. The Kier molecular flexibility index (Phi) is 4.12. The van der Waals surface area contributed by atoms with Crippen LogP contribution >= 0.6 is 0 Å². The topological polar surface area (TPSA) is 44.8 Å². The van der Waals surface area contributed by atoms with Gasteiger partial charge in [-0.1, -0.05) is 30.3 Å². The molecule has 1 aliphatic rings. The molecule has 4 nitrogen and oxygen atoms in total. The molecule has 92 valence electrons. The highest BCUT2D eigenvalue weighted by molar-refractivity contribution is 5.80. The highest BCUT2D eigenvalue weighted by atomic mass is 16.7. The minimum atomic E-state index is -0.215. The molecule has 0 bridgehead atoms. The van der Waals surface area contributed by atoms with E-state index >= 15 is 0 Å². The molecule has 4 heteroatoms. The smallest absolute Gasteiger partial charge is 0.313 e. The van der Waals surface area contributed by atoms with Crippen molar-refractivity contribution in [1.82, 2.24) is 0 Å². The van der Waals surface area contributed by atoms with Crippen molar-refractivity contribution in [2.45, 2.75) is 5.92 Å². The molecule has 0 N–H and O–H groups in total. The first-order valence-corrected chi connectivity index (χ1v) is 5.61. The fourth-order valence-corrected chi connectivity index (χ4v) is 2.06. The van der Waals surface area contributed by atoms with E-state index in [1.807, 2.05) is 30.3 Å². The van der Waals surface area contributed by atoms with Crippen LogP contribution in [0.4, 0.5) is 0 Å². The van der Waals surface area contributed by atoms with Crippen LogP contribution in [0.1, 0.15) is 11.5 Å². The number of esters is 1. The lowest BCUT2D eigenvalue weighted by Crippen LogP contribution is -2.19. The zero-order chi connectivity index (χ0) is 12.1. The van der Waals surface area contributed by atoms with E-state index in [9.17, 15) is 4.79 Å². The molecule has 2 rings (SSSR count). The van der Waals surface area contributed by atoms with Crippen LogP contribution in [0, 0.1) is 5.92 Å². The van der Waals surface area contributed by atoms with Crippen LogP contribution in [0.2, 0.25) is 0 Å². The summed E-state index contributed by atoms with van der Waals surface area (Å²) in [6.45, 7) is 1.13. The maximum absolute atomic E-state index is 11.7. The molecule has 1 aliphatic heterocycles. The maximum Gasteiger partial charge on any atom is 0.313 e. The molecule has 1 heterocycles. The van der Waals surface area contributed by atoms with Crippen LogP contribution in [0.15, 0.2) is 30.3 Å². The Balaban J connectivity index is 2.04. The van der Waals surface area contributed by atoms with Crippen molar-refractivity contribution in [2.24, 2.45) is 5.92 Å². The van der Waals surface area contributed by atoms with E-state index in [2.05, 4.69) is 0 Å². The molecule has 0 aliphatic carbocycles. The first kappa shape index (κ1) is 12.1. The molecule has 0 unspecified atom stereocenters. The van der Waals surface area contributed by atoms with Gasteiger partial charge >= 0.3 is 5.97 Å². The van der Waals surface area contributed by atoms with Gasteiger partial charge in [-0.2, -0.15) is 0 Å². The lowest BCUT2D eigenvalue weighted by molar-refractivity contribution is -0.139. The quantitative estimate of drug-likeness (QED) is 0.442. The molecule has 2 atom stereocenters. The number of benzene rings is 1. The molecule has 0 amide bonds. The Hall–Kier alpha value is -1.39. The Morgan fingerprint density at radius 3 is 2.82 bits per heavy atom. The Morgan fingerprint density at radius 2 is 2.12 bits per heavy atom. The minimum absolute atomic E-state index is 0.0695. The van der Waals surface area contributed by atoms with Gasteiger partial charge in [0.1, 0.15) is 6.79 Å². The molecule has 1 aromatic carbocycles. The second kappa shape index (κ2) is 5.80. The second-order valence-corrected chi connectivity index (χ2v) is 4.06. The number of methoxy groups -OCH3 is 1. The summed E-state index contributed by atoms with van der Waals surface area (Å²) in [5.74, 6) is -0.310. The molecule has 0 spiro atoms. The first-order chi connectivity index (χ1) is 8.33. The molecular weight excluding hydrogens is 220 g/mol. The second-order valence-electron chi connectivity index (χ2n) is 4.06. The lowest BCUT2D eigenvalue weighted by Gasteiger charge is -2.15. The molecule has 1 saturated heterocycles. The largest absolute Gasteiger partial charge is 0.465 e. The van der Waals surface area contributed by atoms with Crippen molar-refractivity contribution in [2.75, 3.05) is 27.1 Å². The standard InChI is InChI=1S/C13H16O4/c1-15-9-16-7-11-8-17-13(14)12(11)10-5-3-2-4-6-10/h2-6,11-12H,7-9H2,1H3/t11-,12-/m1/s1. The predicted molar refractivity (Wildman–Crippen MR) is 61.5 cm³/mol. The summed E-state index contributed by atoms with van der Waals surface area (Å²) < 4.78 is 15.2. The van der Waals surface area contributed by atoms with Crippen LogP contribution in [-0.2, 0) is 19.0 Å². The highest BCUT2D eigenvalue weighted by Crippen LogP contribution is 2.32. The van der Waals surface area contributed by atoms with E-state index in [1.54, 1.807) is 7.11 Å². The number of hydrogen-bond acceptors (Lipinski definition) is 4. The number of ether oxygens (including phenoxy) is 3. The van der Waals surface area contributed by atoms with E-state index < -0.39 is 0 Å². The van der Waals surface area contributed by atoms with E-state index in [4.69, 9.17) is 14.2 Å². The van der Waals surface area contributed by atoms with E-state index in [0.29, 0.717) is 13.2 Å². The molecule has 1 fully saturated rings. The predicted octanol–water partition coefficient (Wildman–Crippen LogP) is 1.56. The summed E-state index contributed by atoms with van der Waals surface area (Å²) in [5, 5.41) is 0. The summed E-state index contributed by atoms with van der Waals surface area (Å²) in [7, 11) is 1.57. The fraction of sp³-hybridized carbons (Fsp3) is 0.462. The Morgan fingerprint density at radius 1 is 1.35 bits per heavy atom. The SMILES string of the molecule is COCOC[C@@H]1COC(=O)[C@@H]1c1ccccc1. The number of hydrogen-bond donors (Lipinski definition) is 0. The van der Waals surface area contributed by atoms with E-state index in [0.717, 1.165) is 5.56 Å². The summed E-state index contributed by atoms with van der Waals surface area (Å²) in [6.07, 6.45) is 0. The van der Waals surface area contributed by atoms with Gasteiger partial charge in [0, 0.05) is 13.0 Å². The molecule has 1 aromatic rings. The van der Waals surface area contributed by atoms with Gasteiger partial charge < -0.3 is 14.2 Å². The number of carbonyl (C=O) groups is 1. The third-order valence-electron chi connectivity index (χ3n) is 2.86. The average molecular weight is 236 g/mol. The van der Waals surface area contributed by atoms with Crippen molar-refractivity contribution in [3.05, 3.63) is 35.9 Å². The minimum Gasteiger partial charge on any atom is -0.465 e. The van der Waals surface area contributed by atoms with Crippen LogP contribution in [0.3, 0.4) is 0 Å². The highest BCUT2D eigenvalue weighted by Gasteiger charge is 2.37. The summed E-state index contributed by atoms with van der Waals surface area (Å²) in [4.78, 5) is 11.7. The van der Waals surface area contributed by atoms with Gasteiger partial charge in [-0.3, -0.25) is 4.79 Å². The van der Waals surface area contributed by atoms with Crippen LogP contribution in [0.25, 0.3) is 0 Å². The zero-order valence-electron chi connectivity index (χ0n) is 9.80. The molecule has 0 saturated carbocycles. The monoisotopic (exact) mass is 236 g/mol. The summed E-state index contributed by atoms with van der Waals surface area (Å²) in [5.41, 5.74) is 0.987. The molecule has 0 radical (unpaired) electrons. The number of cyclic esters (lactones) is 1. The van der Waals surface area contributed by atoms with Crippen molar-refractivity contribution in [1.29, 1.82) is 0 Å². The normalized spacial score (nSPS) is 23.7. The van der Waals surface area contributed by atoms with Gasteiger partial charge in [-0.25, -0.2) is 0 Å². The van der Waals surface area contributed by atoms with Crippen molar-refractivity contribution < 1.29 is 19.0 Å². The van der Waals surface area contributed by atoms with Crippen LogP contribution < -0.4 is 0 Å². The van der Waals surface area contributed by atoms with Crippen LogP contribution in [-0.4, -0.2) is 33.1 Å². The van der Waals surface area contributed by atoms with Gasteiger partial charge in [-0.15, -0.1) is 0 Å². The van der Waals surface area contributed by atoms with Gasteiger partial charge in [-0.05, 0) is 5.56 Å². The van der Waals surface area contributed by atoms with Gasteiger partial charge in [0.15, 0.2) is 0 Å². The zero-order valence-corrected chi connectivity index (χ0v) is 9.80. The van der Waals surface area contributed by atoms with Gasteiger partial charge in [0.05, 0.1) is 19.1 Å². The Bertz CT molecular complexity index is 363. The van der Waals surface area contributed by atoms with E-state index in [-0.39, 0.29) is 24.6 Å². The summed E-state index contributed by atoms with van der Waals surface area (Å²) in [6, 6.07) is 9.67. The fourth-order valence-electron chi connectivity index (χ4n) is 2.06. The third kappa shape index (κ3) is 2.84. The lowest BCUT2D eigenvalue weighted by atomic mass is 9.89. The number of rotatable bonds is 5. The van der Waals surface area contributed by atoms with Gasteiger partial charge in [0.2, 0.25) is 0 Å². The Labute approximate surface area is 100 Å². The third-order valence-corrected chi connectivity index (χ3v) is 2.86. The molecule has 0 aromatic heterocycles. The van der Waals surface area contributed by atoms with E-state index in [1.165, 1.54) is 0 Å².